The van der Waals surface area contributed by atoms with E-state index in [0.717, 1.165) is 11.4 Å². The molecule has 1 aromatic carbocycles. The molecule has 19 heavy (non-hydrogen) atoms. The second kappa shape index (κ2) is 5.73. The Morgan fingerprint density at radius 2 is 2.21 bits per heavy atom. The molecule has 1 aromatic heterocycles. The highest BCUT2D eigenvalue weighted by molar-refractivity contribution is 8.00. The average Bonchev–Trinajstić information content (AvgIpc) is 3.12. The van der Waals surface area contributed by atoms with Gasteiger partial charge in [-0.05, 0) is 30.7 Å². The van der Waals surface area contributed by atoms with E-state index in [4.69, 9.17) is 5.84 Å². The molecule has 0 radical (unpaired) electrons. The van der Waals surface area contributed by atoms with Crippen LogP contribution in [0.5, 0.6) is 0 Å². The number of nitrogens with one attached hydrogen (secondary N) is 1. The summed E-state index contributed by atoms with van der Waals surface area (Å²) in [7, 11) is 0. The number of hydrogen-bond acceptors (Lipinski definition) is 5. The second-order valence-corrected chi connectivity index (χ2v) is 5.95. The Morgan fingerprint density at radius 3 is 2.89 bits per heavy atom. The zero-order chi connectivity index (χ0) is 13.1. The minimum Gasteiger partial charge on any atom is -0.271 e. The fourth-order valence-electron chi connectivity index (χ4n) is 2.47. The van der Waals surface area contributed by atoms with Crippen LogP contribution >= 0.6 is 11.8 Å². The molecule has 0 aliphatic carbocycles. The number of aromatic nitrogens is 3. The number of benzene rings is 1. The third kappa shape index (κ3) is 2.51. The molecule has 3 rings (SSSR count). The summed E-state index contributed by atoms with van der Waals surface area (Å²) < 4.78 is 1.86. The number of hydrazine groups is 1. The first-order valence-corrected chi connectivity index (χ1v) is 7.49. The maximum Gasteiger partial charge on any atom is 0.0840 e. The highest BCUT2D eigenvalue weighted by atomic mass is 32.2. The van der Waals surface area contributed by atoms with Crippen molar-refractivity contribution >= 4 is 11.8 Å². The zero-order valence-electron chi connectivity index (χ0n) is 10.6. The summed E-state index contributed by atoms with van der Waals surface area (Å²) in [6.45, 7) is 0. The first-order chi connectivity index (χ1) is 9.40. The Kier molecular flexibility index (Phi) is 3.82. The quantitative estimate of drug-likeness (QED) is 0.656. The molecule has 3 N–H and O–H groups in total. The van der Waals surface area contributed by atoms with Crippen LogP contribution in [0.3, 0.4) is 0 Å². The zero-order valence-corrected chi connectivity index (χ0v) is 11.4. The van der Waals surface area contributed by atoms with Gasteiger partial charge >= 0.3 is 0 Å². The lowest BCUT2D eigenvalue weighted by atomic mass is 10.1. The Hall–Kier alpha value is -1.37. The van der Waals surface area contributed by atoms with Crippen LogP contribution in [0.25, 0.3) is 5.69 Å². The van der Waals surface area contributed by atoms with Gasteiger partial charge in [0.2, 0.25) is 0 Å². The van der Waals surface area contributed by atoms with E-state index in [1.807, 2.05) is 46.8 Å². The third-order valence-electron chi connectivity index (χ3n) is 3.41. The lowest BCUT2D eigenvalue weighted by molar-refractivity contribution is 0.495. The van der Waals surface area contributed by atoms with Crippen molar-refractivity contribution in [2.24, 2.45) is 5.84 Å². The van der Waals surface area contributed by atoms with Crippen molar-refractivity contribution in [3.63, 3.8) is 0 Å². The smallest absolute Gasteiger partial charge is 0.0840 e. The summed E-state index contributed by atoms with van der Waals surface area (Å²) in [5.74, 6) is 6.96. The van der Waals surface area contributed by atoms with Crippen molar-refractivity contribution in [1.82, 2.24) is 20.4 Å². The first kappa shape index (κ1) is 12.7. The summed E-state index contributed by atoms with van der Waals surface area (Å²) in [5.41, 5.74) is 4.97. The van der Waals surface area contributed by atoms with Gasteiger partial charge < -0.3 is 0 Å². The minimum atomic E-state index is 0.0858. The predicted octanol–water partition coefficient (Wildman–Crippen LogP) is 1.67. The standard InChI is InChI=1S/C13H17N5S/c14-16-13(12-7-4-8-19-12)11-9-15-17-18(11)10-5-2-1-3-6-10/h1-3,5-6,9,12-13,16H,4,7-8,14H2. The van der Waals surface area contributed by atoms with Crippen LogP contribution in [0.2, 0.25) is 0 Å². The average molecular weight is 275 g/mol. The maximum absolute atomic E-state index is 5.76. The Balaban J connectivity index is 1.94. The summed E-state index contributed by atoms with van der Waals surface area (Å²) in [5, 5.41) is 8.73. The number of nitrogens with two attached hydrogens (primary N) is 1. The van der Waals surface area contributed by atoms with Gasteiger partial charge in [-0.1, -0.05) is 23.4 Å². The van der Waals surface area contributed by atoms with Crippen molar-refractivity contribution < 1.29 is 0 Å². The second-order valence-electron chi connectivity index (χ2n) is 4.60. The molecule has 1 aliphatic rings. The monoisotopic (exact) mass is 275 g/mol. The van der Waals surface area contributed by atoms with Crippen LogP contribution in [-0.2, 0) is 0 Å². The van der Waals surface area contributed by atoms with E-state index >= 15 is 0 Å². The van der Waals surface area contributed by atoms with Gasteiger partial charge in [-0.15, -0.1) is 5.10 Å². The topological polar surface area (TPSA) is 68.8 Å². The highest BCUT2D eigenvalue weighted by Gasteiger charge is 2.29. The van der Waals surface area contributed by atoms with Gasteiger partial charge in [0.1, 0.15) is 0 Å². The molecule has 2 unspecified atom stereocenters. The Morgan fingerprint density at radius 1 is 1.37 bits per heavy atom. The lowest BCUT2D eigenvalue weighted by Crippen LogP contribution is -2.35. The van der Waals surface area contributed by atoms with Crippen LogP contribution < -0.4 is 11.3 Å². The van der Waals surface area contributed by atoms with Crippen molar-refractivity contribution in [2.75, 3.05) is 5.75 Å². The molecule has 2 heterocycles. The van der Waals surface area contributed by atoms with Crippen LogP contribution in [0, 0.1) is 0 Å². The number of rotatable bonds is 4. The number of para-hydroxylation sites is 1. The minimum absolute atomic E-state index is 0.0858. The molecular weight excluding hydrogens is 258 g/mol. The fourth-order valence-corrected chi connectivity index (χ4v) is 3.85. The van der Waals surface area contributed by atoms with Gasteiger partial charge in [-0.3, -0.25) is 11.3 Å². The SMILES string of the molecule is NNC(c1cnnn1-c1ccccc1)C1CCCS1. The molecule has 0 spiro atoms. The molecule has 1 fully saturated rings. The van der Waals surface area contributed by atoms with E-state index in [9.17, 15) is 0 Å². The normalized spacial score (nSPS) is 20.6. The molecule has 1 saturated heterocycles. The summed E-state index contributed by atoms with van der Waals surface area (Å²) in [6.07, 6.45) is 4.23. The third-order valence-corrected chi connectivity index (χ3v) is 4.87. The number of hydrogen-bond donors (Lipinski definition) is 2. The molecule has 2 atom stereocenters. The summed E-state index contributed by atoms with van der Waals surface area (Å²) in [4.78, 5) is 0. The first-order valence-electron chi connectivity index (χ1n) is 6.44. The van der Waals surface area contributed by atoms with Crippen molar-refractivity contribution in [3.05, 3.63) is 42.2 Å². The van der Waals surface area contributed by atoms with E-state index in [-0.39, 0.29) is 6.04 Å². The molecule has 0 saturated carbocycles. The number of thioether (sulfide) groups is 1. The molecule has 6 heteroatoms. The fraction of sp³-hybridized carbons (Fsp3) is 0.385. The molecule has 5 nitrogen and oxygen atoms in total. The highest BCUT2D eigenvalue weighted by Crippen LogP contribution is 2.35. The van der Waals surface area contributed by atoms with Crippen LogP contribution in [0.4, 0.5) is 0 Å². The molecular formula is C13H17N5S. The van der Waals surface area contributed by atoms with Crippen molar-refractivity contribution in [1.29, 1.82) is 0 Å². The summed E-state index contributed by atoms with van der Waals surface area (Å²) >= 11 is 1.97. The van der Waals surface area contributed by atoms with E-state index < -0.39 is 0 Å². The summed E-state index contributed by atoms with van der Waals surface area (Å²) in [6, 6.07) is 10.1. The van der Waals surface area contributed by atoms with Gasteiger partial charge in [0.05, 0.1) is 23.6 Å². The van der Waals surface area contributed by atoms with Crippen LogP contribution in [0.1, 0.15) is 24.6 Å². The predicted molar refractivity (Wildman–Crippen MR) is 76.9 cm³/mol. The van der Waals surface area contributed by atoms with Gasteiger partial charge in [0.25, 0.3) is 0 Å². The molecule has 100 valence electrons. The van der Waals surface area contributed by atoms with Gasteiger partial charge in [-0.25, -0.2) is 4.68 Å². The van der Waals surface area contributed by atoms with E-state index in [2.05, 4.69) is 15.7 Å². The Bertz CT molecular complexity index is 521. The van der Waals surface area contributed by atoms with Gasteiger partial charge in [0.15, 0.2) is 0 Å². The molecule has 1 aliphatic heterocycles. The lowest BCUT2D eigenvalue weighted by Gasteiger charge is -2.22. The van der Waals surface area contributed by atoms with Crippen molar-refractivity contribution in [3.8, 4) is 5.69 Å². The maximum atomic E-state index is 5.76. The van der Waals surface area contributed by atoms with Crippen LogP contribution in [0.15, 0.2) is 36.5 Å². The molecule has 0 amide bonds. The van der Waals surface area contributed by atoms with Crippen molar-refractivity contribution in [2.45, 2.75) is 24.1 Å². The van der Waals surface area contributed by atoms with Crippen LogP contribution in [-0.4, -0.2) is 26.0 Å². The number of nitrogens with zero attached hydrogens (tertiary/aromatic N) is 3. The van der Waals surface area contributed by atoms with E-state index in [1.165, 1.54) is 18.6 Å². The molecule has 2 aromatic rings. The van der Waals surface area contributed by atoms with Gasteiger partial charge in [0, 0.05) is 5.25 Å². The molecule has 0 bridgehead atoms. The van der Waals surface area contributed by atoms with Gasteiger partial charge in [-0.2, -0.15) is 11.8 Å². The van der Waals surface area contributed by atoms with E-state index in [0.29, 0.717) is 5.25 Å². The Labute approximate surface area is 116 Å². The van der Waals surface area contributed by atoms with E-state index in [1.54, 1.807) is 6.20 Å². The largest absolute Gasteiger partial charge is 0.271 e.